The summed E-state index contributed by atoms with van der Waals surface area (Å²) in [5, 5.41) is 8.05. The van der Waals surface area contributed by atoms with Crippen LogP contribution in [0.2, 0.25) is 0 Å². The molecule has 1 unspecified atom stereocenters. The standard InChI is InChI=1S/C48H34N2/c1-2-14-31(15-3-1)41-22-12-20-34(35-17-6-9-21-42(35)49-41)37-28-27-32-26-25-30-13-4-5-16-33(30)45(32)40-29-39-36-18-7-10-23-43(36)50-44-24-11-8-19-38(44)47(46(37)40)48(39)50/h1-11,13-21,23-26,29,37H,12,22,27-28H2. The first-order valence-corrected chi connectivity index (χ1v) is 18.0. The minimum atomic E-state index is 0.197. The van der Waals surface area contributed by atoms with Crippen molar-refractivity contribution in [2.75, 3.05) is 0 Å². The van der Waals surface area contributed by atoms with Crippen LogP contribution in [0, 0.1) is 0 Å². The number of aryl methyl sites for hydroxylation is 1. The van der Waals surface area contributed by atoms with Gasteiger partial charge in [-0.2, -0.15) is 0 Å². The lowest BCUT2D eigenvalue weighted by molar-refractivity contribution is 0.763. The molecule has 0 bridgehead atoms. The number of nitrogens with zero attached hydrogens (tertiary/aromatic N) is 2. The molecule has 236 valence electrons. The Morgan fingerprint density at radius 3 is 2.18 bits per heavy atom. The molecule has 1 aliphatic heterocycles. The smallest absolute Gasteiger partial charge is 0.0708 e. The summed E-state index contributed by atoms with van der Waals surface area (Å²) in [7, 11) is 0. The van der Waals surface area contributed by atoms with Gasteiger partial charge in [0, 0.05) is 38.7 Å². The van der Waals surface area contributed by atoms with Crippen molar-refractivity contribution >= 4 is 65.8 Å². The van der Waals surface area contributed by atoms with E-state index in [1.807, 2.05) is 0 Å². The summed E-state index contributed by atoms with van der Waals surface area (Å²) in [6.07, 6.45) is 6.48. The Balaban J connectivity index is 1.27. The van der Waals surface area contributed by atoms with E-state index < -0.39 is 0 Å². The third-order valence-electron chi connectivity index (χ3n) is 11.4. The number of aromatic nitrogens is 1. The van der Waals surface area contributed by atoms with Crippen LogP contribution in [-0.4, -0.2) is 10.1 Å². The van der Waals surface area contributed by atoms with Crippen molar-refractivity contribution in [3.63, 3.8) is 0 Å². The molecule has 1 aliphatic carbocycles. The zero-order chi connectivity index (χ0) is 32.8. The van der Waals surface area contributed by atoms with E-state index in [4.69, 9.17) is 4.99 Å². The molecule has 0 amide bonds. The van der Waals surface area contributed by atoms with Crippen molar-refractivity contribution in [3.8, 4) is 11.1 Å². The molecule has 2 aromatic heterocycles. The van der Waals surface area contributed by atoms with Gasteiger partial charge >= 0.3 is 0 Å². The summed E-state index contributed by atoms with van der Waals surface area (Å²) in [4.78, 5) is 5.41. The maximum Gasteiger partial charge on any atom is 0.0708 e. The van der Waals surface area contributed by atoms with Crippen LogP contribution < -0.4 is 0 Å². The quantitative estimate of drug-likeness (QED) is 0.179. The van der Waals surface area contributed by atoms with Crippen LogP contribution in [-0.2, 0) is 6.42 Å². The number of para-hydroxylation sites is 3. The number of fused-ring (bicyclic) bond motifs is 13. The van der Waals surface area contributed by atoms with Gasteiger partial charge in [-0.05, 0) is 94.1 Å². The normalized spacial score (nSPS) is 16.1. The third kappa shape index (κ3) is 3.93. The highest BCUT2D eigenvalue weighted by Gasteiger charge is 2.33. The molecule has 0 N–H and O–H groups in total. The Bertz CT molecular complexity index is 2870. The van der Waals surface area contributed by atoms with Gasteiger partial charge in [0.25, 0.3) is 0 Å². The molecule has 0 radical (unpaired) electrons. The lowest BCUT2D eigenvalue weighted by Gasteiger charge is -2.26. The van der Waals surface area contributed by atoms with Crippen molar-refractivity contribution in [1.29, 1.82) is 0 Å². The second-order valence-electron chi connectivity index (χ2n) is 14.0. The van der Waals surface area contributed by atoms with E-state index in [2.05, 4.69) is 156 Å². The Labute approximate surface area is 291 Å². The highest BCUT2D eigenvalue weighted by Crippen LogP contribution is 2.54. The van der Waals surface area contributed by atoms with Crippen LogP contribution in [0.4, 0.5) is 5.69 Å². The summed E-state index contributed by atoms with van der Waals surface area (Å²) < 4.78 is 2.54. The summed E-state index contributed by atoms with van der Waals surface area (Å²) in [5.41, 5.74) is 15.7. The zero-order valence-corrected chi connectivity index (χ0v) is 27.7. The largest absolute Gasteiger partial charge is 0.308 e. The number of hydrogen-bond donors (Lipinski definition) is 0. The Hall–Kier alpha value is -5.99. The minimum absolute atomic E-state index is 0.197. The van der Waals surface area contributed by atoms with E-state index in [0.717, 1.165) is 37.1 Å². The van der Waals surface area contributed by atoms with Crippen LogP contribution in [0.1, 0.15) is 47.4 Å². The zero-order valence-electron chi connectivity index (χ0n) is 27.7. The van der Waals surface area contributed by atoms with Gasteiger partial charge in [-0.3, -0.25) is 4.99 Å². The highest BCUT2D eigenvalue weighted by molar-refractivity contribution is 6.27. The van der Waals surface area contributed by atoms with Gasteiger partial charge in [0.1, 0.15) is 0 Å². The molecule has 9 aromatic rings. The second-order valence-corrected chi connectivity index (χ2v) is 14.0. The monoisotopic (exact) mass is 638 g/mol. The Kier molecular flexibility index (Phi) is 6.00. The van der Waals surface area contributed by atoms with E-state index >= 15 is 0 Å². The topological polar surface area (TPSA) is 16.8 Å². The molecular weight excluding hydrogens is 605 g/mol. The van der Waals surface area contributed by atoms with Crippen molar-refractivity contribution in [1.82, 2.24) is 4.40 Å². The number of hydrogen-bond acceptors (Lipinski definition) is 1. The molecule has 2 aliphatic rings. The molecule has 0 fully saturated rings. The molecule has 50 heavy (non-hydrogen) atoms. The maximum absolute atomic E-state index is 5.41. The fourth-order valence-corrected chi connectivity index (χ4v) is 9.37. The molecule has 0 spiro atoms. The van der Waals surface area contributed by atoms with Gasteiger partial charge in [-0.25, -0.2) is 0 Å². The average Bonchev–Trinajstić information content (AvgIpc) is 3.62. The number of aliphatic imine (C=N–C) groups is 1. The van der Waals surface area contributed by atoms with Crippen LogP contribution >= 0.6 is 0 Å². The molecule has 2 nitrogen and oxygen atoms in total. The fraction of sp³-hybridized carbons (Fsp3) is 0.104. The van der Waals surface area contributed by atoms with Crippen LogP contribution in [0.5, 0.6) is 0 Å². The van der Waals surface area contributed by atoms with Crippen LogP contribution in [0.3, 0.4) is 0 Å². The summed E-state index contributed by atoms with van der Waals surface area (Å²) >= 11 is 0. The van der Waals surface area contributed by atoms with Crippen molar-refractivity contribution < 1.29 is 0 Å². The van der Waals surface area contributed by atoms with Crippen molar-refractivity contribution in [2.45, 2.75) is 31.6 Å². The molecule has 1 atom stereocenters. The van der Waals surface area contributed by atoms with E-state index in [0.29, 0.717) is 0 Å². The molecule has 0 saturated carbocycles. The van der Waals surface area contributed by atoms with Gasteiger partial charge in [-0.1, -0.05) is 127 Å². The van der Waals surface area contributed by atoms with Crippen molar-refractivity contribution in [2.24, 2.45) is 4.99 Å². The Morgan fingerprint density at radius 1 is 0.580 bits per heavy atom. The molecular formula is C48H34N2. The molecule has 0 saturated heterocycles. The second kappa shape index (κ2) is 10.8. The highest BCUT2D eigenvalue weighted by atomic mass is 14.9. The molecule has 3 heterocycles. The predicted octanol–water partition coefficient (Wildman–Crippen LogP) is 12.7. The van der Waals surface area contributed by atoms with Gasteiger partial charge in [0.2, 0.25) is 0 Å². The number of rotatable bonds is 2. The molecule has 11 rings (SSSR count). The molecule has 2 heteroatoms. The minimum Gasteiger partial charge on any atom is -0.308 e. The first kappa shape index (κ1) is 27.9. The molecule has 7 aromatic carbocycles. The van der Waals surface area contributed by atoms with Crippen LogP contribution in [0.25, 0.3) is 65.6 Å². The lowest BCUT2D eigenvalue weighted by atomic mass is 9.78. The SMILES string of the molecule is C1=C(C2CCc3ccc4ccccc4c3-c3cc4c5ccccc5n5c6ccccc6c(c32)c45)c2ccccc2N=C(c2ccccc2)CC1. The van der Waals surface area contributed by atoms with Gasteiger partial charge in [0.15, 0.2) is 0 Å². The van der Waals surface area contributed by atoms with Crippen molar-refractivity contribution in [3.05, 3.63) is 174 Å². The maximum atomic E-state index is 5.41. The third-order valence-corrected chi connectivity index (χ3v) is 11.4. The summed E-state index contributed by atoms with van der Waals surface area (Å²) in [6, 6.07) is 53.9. The van der Waals surface area contributed by atoms with Gasteiger partial charge in [0.05, 0.1) is 22.2 Å². The predicted molar refractivity (Wildman–Crippen MR) is 211 cm³/mol. The van der Waals surface area contributed by atoms with Gasteiger partial charge in [-0.15, -0.1) is 0 Å². The number of allylic oxidation sites excluding steroid dienone is 2. The summed E-state index contributed by atoms with van der Waals surface area (Å²) in [6.45, 7) is 0. The van der Waals surface area contributed by atoms with Crippen LogP contribution in [0.15, 0.2) is 157 Å². The Morgan fingerprint density at radius 2 is 1.30 bits per heavy atom. The fourth-order valence-electron chi connectivity index (χ4n) is 9.37. The van der Waals surface area contributed by atoms with E-state index in [-0.39, 0.29) is 5.92 Å². The number of benzene rings is 7. The van der Waals surface area contributed by atoms with Gasteiger partial charge < -0.3 is 4.40 Å². The van der Waals surface area contributed by atoms with E-state index in [1.165, 1.54) is 87.8 Å². The summed E-state index contributed by atoms with van der Waals surface area (Å²) in [5.74, 6) is 0.197. The van der Waals surface area contributed by atoms with E-state index in [9.17, 15) is 0 Å². The average molecular weight is 639 g/mol. The van der Waals surface area contributed by atoms with E-state index in [1.54, 1.807) is 0 Å². The first-order valence-electron chi connectivity index (χ1n) is 18.0. The lowest BCUT2D eigenvalue weighted by Crippen LogP contribution is -2.08. The first-order chi connectivity index (χ1) is 24.8.